The van der Waals surface area contributed by atoms with Gasteiger partial charge in [0.15, 0.2) is 6.23 Å². The third kappa shape index (κ3) is 2.82. The molecule has 1 fully saturated rings. The first-order valence-electron chi connectivity index (χ1n) is 5.66. The van der Waals surface area contributed by atoms with Crippen molar-refractivity contribution in [1.29, 1.82) is 0 Å². The molecule has 0 bridgehead atoms. The maximum atomic E-state index is 10.6. The predicted octanol–water partition coefficient (Wildman–Crippen LogP) is -0.554. The van der Waals surface area contributed by atoms with Crippen LogP contribution in [-0.4, -0.2) is 51.4 Å². The van der Waals surface area contributed by atoms with Crippen LogP contribution in [0.15, 0.2) is 24.3 Å². The number of aliphatic hydroxyl groups excluding tert-OH is 3. The number of aliphatic hydroxyl groups is 3. The van der Waals surface area contributed by atoms with Crippen molar-refractivity contribution in [2.75, 3.05) is 11.9 Å². The molecule has 1 heterocycles. The minimum atomic E-state index is -1.23. The molecule has 1 aromatic carbocycles. The number of benzene rings is 1. The molecule has 104 valence electrons. The summed E-state index contributed by atoms with van der Waals surface area (Å²) in [4.78, 5) is 10.1. The van der Waals surface area contributed by atoms with E-state index in [9.17, 15) is 20.3 Å². The first-order chi connectivity index (χ1) is 9.02. The predicted molar refractivity (Wildman–Crippen MR) is 64.5 cm³/mol. The van der Waals surface area contributed by atoms with E-state index in [1.807, 2.05) is 0 Å². The number of non-ortho nitro benzene ring substituents is 1. The second-order valence-corrected chi connectivity index (χ2v) is 4.21. The van der Waals surface area contributed by atoms with Gasteiger partial charge in [-0.1, -0.05) is 6.07 Å². The summed E-state index contributed by atoms with van der Waals surface area (Å²) < 4.78 is 5.21. The van der Waals surface area contributed by atoms with Crippen LogP contribution in [0.25, 0.3) is 0 Å². The second kappa shape index (κ2) is 5.49. The lowest BCUT2D eigenvalue weighted by molar-refractivity contribution is -0.384. The molecule has 19 heavy (non-hydrogen) atoms. The maximum absolute atomic E-state index is 10.6. The number of hydrogen-bond donors (Lipinski definition) is 4. The lowest BCUT2D eigenvalue weighted by Gasteiger charge is -2.17. The van der Waals surface area contributed by atoms with Gasteiger partial charge < -0.3 is 25.4 Å². The van der Waals surface area contributed by atoms with E-state index in [1.54, 1.807) is 6.07 Å². The Hall–Kier alpha value is -1.74. The molecular formula is C11H14N2O6. The van der Waals surface area contributed by atoms with Crippen LogP contribution >= 0.6 is 0 Å². The van der Waals surface area contributed by atoms with E-state index in [4.69, 9.17) is 9.84 Å². The number of rotatable bonds is 4. The standard InChI is InChI=1S/C11H14N2O6/c14-5-8-9(15)10(16)11(19-8)12-6-2-1-3-7(4-6)13(17)18/h1-4,8-12,14-16H,5H2. The topological polar surface area (TPSA) is 125 Å². The van der Waals surface area contributed by atoms with Crippen molar-refractivity contribution in [2.24, 2.45) is 0 Å². The quantitative estimate of drug-likeness (QED) is 0.427. The highest BCUT2D eigenvalue weighted by atomic mass is 16.6. The molecule has 8 heteroatoms. The fourth-order valence-corrected chi connectivity index (χ4v) is 1.89. The van der Waals surface area contributed by atoms with Crippen molar-refractivity contribution >= 4 is 11.4 Å². The van der Waals surface area contributed by atoms with Crippen molar-refractivity contribution in [3.05, 3.63) is 34.4 Å². The number of ether oxygens (including phenoxy) is 1. The number of nitrogens with one attached hydrogen (secondary N) is 1. The summed E-state index contributed by atoms with van der Waals surface area (Å²) in [7, 11) is 0. The summed E-state index contributed by atoms with van der Waals surface area (Å²) in [6, 6.07) is 5.68. The van der Waals surface area contributed by atoms with Crippen LogP contribution in [0.1, 0.15) is 0 Å². The van der Waals surface area contributed by atoms with E-state index < -0.39 is 36.1 Å². The molecule has 0 spiro atoms. The Kier molecular flexibility index (Phi) is 3.96. The summed E-state index contributed by atoms with van der Waals surface area (Å²) in [6.07, 6.45) is -4.25. The third-order valence-corrected chi connectivity index (χ3v) is 2.91. The lowest BCUT2D eigenvalue weighted by Crippen LogP contribution is -2.36. The number of nitro groups is 1. The van der Waals surface area contributed by atoms with Crippen LogP contribution < -0.4 is 5.32 Å². The molecule has 1 aliphatic rings. The van der Waals surface area contributed by atoms with Crippen molar-refractivity contribution in [1.82, 2.24) is 0 Å². The summed E-state index contributed by atoms with van der Waals surface area (Å²) in [6.45, 7) is -0.425. The average Bonchev–Trinajstić information content (AvgIpc) is 2.67. The average molecular weight is 270 g/mol. The Morgan fingerprint density at radius 1 is 1.37 bits per heavy atom. The summed E-state index contributed by atoms with van der Waals surface area (Å²) in [5, 5.41) is 41.6. The normalized spacial score (nSPS) is 30.3. The van der Waals surface area contributed by atoms with Gasteiger partial charge in [-0.2, -0.15) is 0 Å². The molecule has 8 nitrogen and oxygen atoms in total. The van der Waals surface area contributed by atoms with Crippen LogP contribution in [0.2, 0.25) is 0 Å². The smallest absolute Gasteiger partial charge is 0.271 e. The Bertz CT molecular complexity index is 468. The molecule has 1 aliphatic heterocycles. The fraction of sp³-hybridized carbons (Fsp3) is 0.455. The Balaban J connectivity index is 2.09. The number of hydrogen-bond acceptors (Lipinski definition) is 7. The van der Waals surface area contributed by atoms with Gasteiger partial charge in [0.05, 0.1) is 11.5 Å². The van der Waals surface area contributed by atoms with Gasteiger partial charge in [-0.05, 0) is 6.07 Å². The van der Waals surface area contributed by atoms with E-state index in [2.05, 4.69) is 5.32 Å². The number of nitro benzene ring substituents is 1. The van der Waals surface area contributed by atoms with E-state index in [0.29, 0.717) is 5.69 Å². The van der Waals surface area contributed by atoms with Gasteiger partial charge in [-0.25, -0.2) is 0 Å². The molecule has 4 atom stereocenters. The largest absolute Gasteiger partial charge is 0.394 e. The van der Waals surface area contributed by atoms with Gasteiger partial charge in [-0.3, -0.25) is 10.1 Å². The number of anilines is 1. The summed E-state index contributed by atoms with van der Waals surface area (Å²) >= 11 is 0. The number of nitrogens with zero attached hydrogens (tertiary/aromatic N) is 1. The second-order valence-electron chi connectivity index (χ2n) is 4.21. The van der Waals surface area contributed by atoms with Crippen molar-refractivity contribution in [3.63, 3.8) is 0 Å². The van der Waals surface area contributed by atoms with Gasteiger partial charge in [0.2, 0.25) is 0 Å². The lowest BCUT2D eigenvalue weighted by atomic mass is 10.1. The monoisotopic (exact) mass is 270 g/mol. The molecule has 0 amide bonds. The molecule has 0 saturated carbocycles. The molecule has 1 aromatic rings. The van der Waals surface area contributed by atoms with Gasteiger partial charge in [-0.15, -0.1) is 0 Å². The summed E-state index contributed by atoms with van der Waals surface area (Å²) in [5.41, 5.74) is 0.279. The zero-order valence-corrected chi connectivity index (χ0v) is 9.84. The minimum Gasteiger partial charge on any atom is -0.394 e. The Labute approximate surface area is 108 Å². The molecule has 0 aromatic heterocycles. The first-order valence-corrected chi connectivity index (χ1v) is 5.66. The van der Waals surface area contributed by atoms with Crippen molar-refractivity contribution < 1.29 is 25.0 Å². The highest BCUT2D eigenvalue weighted by Crippen LogP contribution is 2.24. The fourth-order valence-electron chi connectivity index (χ4n) is 1.89. The van der Waals surface area contributed by atoms with E-state index in [0.717, 1.165) is 0 Å². The maximum Gasteiger partial charge on any atom is 0.271 e. The van der Waals surface area contributed by atoms with Crippen molar-refractivity contribution in [2.45, 2.75) is 24.5 Å². The van der Waals surface area contributed by atoms with Crippen LogP contribution in [0, 0.1) is 10.1 Å². The Morgan fingerprint density at radius 3 is 2.68 bits per heavy atom. The molecular weight excluding hydrogens is 256 g/mol. The van der Waals surface area contributed by atoms with E-state index >= 15 is 0 Å². The van der Waals surface area contributed by atoms with Crippen LogP contribution in [0.4, 0.5) is 11.4 Å². The van der Waals surface area contributed by atoms with E-state index in [-0.39, 0.29) is 5.69 Å². The van der Waals surface area contributed by atoms with Crippen LogP contribution in [0.5, 0.6) is 0 Å². The van der Waals surface area contributed by atoms with Gasteiger partial charge in [0, 0.05) is 17.8 Å². The molecule has 4 N–H and O–H groups in total. The van der Waals surface area contributed by atoms with Gasteiger partial charge in [0.1, 0.15) is 18.3 Å². The zero-order chi connectivity index (χ0) is 14.0. The first kappa shape index (κ1) is 13.7. The van der Waals surface area contributed by atoms with Crippen LogP contribution in [-0.2, 0) is 4.74 Å². The zero-order valence-electron chi connectivity index (χ0n) is 9.84. The summed E-state index contributed by atoms with van der Waals surface area (Å²) in [5.74, 6) is 0. The minimum absolute atomic E-state index is 0.100. The highest BCUT2D eigenvalue weighted by molar-refractivity contribution is 5.51. The van der Waals surface area contributed by atoms with Crippen LogP contribution in [0.3, 0.4) is 0 Å². The molecule has 0 radical (unpaired) electrons. The molecule has 0 aliphatic carbocycles. The molecule has 4 unspecified atom stereocenters. The van der Waals surface area contributed by atoms with Gasteiger partial charge >= 0.3 is 0 Å². The SMILES string of the molecule is O=[N+]([O-])c1cccc(NC2OC(CO)C(O)C2O)c1. The third-order valence-electron chi connectivity index (χ3n) is 2.91. The van der Waals surface area contributed by atoms with E-state index in [1.165, 1.54) is 18.2 Å². The highest BCUT2D eigenvalue weighted by Gasteiger charge is 2.42. The van der Waals surface area contributed by atoms with Gasteiger partial charge in [0.25, 0.3) is 5.69 Å². The molecule has 2 rings (SSSR count). The molecule has 1 saturated heterocycles. The van der Waals surface area contributed by atoms with Crippen molar-refractivity contribution in [3.8, 4) is 0 Å². The Morgan fingerprint density at radius 2 is 2.11 bits per heavy atom.